The van der Waals surface area contributed by atoms with Gasteiger partial charge in [0.2, 0.25) is 5.95 Å². The highest BCUT2D eigenvalue weighted by Gasteiger charge is 2.14. The van der Waals surface area contributed by atoms with Crippen molar-refractivity contribution < 1.29 is 0 Å². The molecule has 0 aliphatic rings. The topological polar surface area (TPSA) is 67.9 Å². The van der Waals surface area contributed by atoms with Crippen LogP contribution >= 0.6 is 23.2 Å². The van der Waals surface area contributed by atoms with Gasteiger partial charge in [0, 0.05) is 19.7 Å². The van der Waals surface area contributed by atoms with E-state index in [4.69, 9.17) is 28.9 Å². The van der Waals surface area contributed by atoms with Crippen molar-refractivity contribution in [2.24, 2.45) is 0 Å². The van der Waals surface area contributed by atoms with Crippen LogP contribution in [-0.4, -0.2) is 29.3 Å². The predicted molar refractivity (Wildman–Crippen MR) is 74.0 cm³/mol. The quantitative estimate of drug-likeness (QED) is 0.917. The summed E-state index contributed by atoms with van der Waals surface area (Å²) in [6.45, 7) is 0. The molecule has 0 radical (unpaired) electrons. The van der Waals surface area contributed by atoms with E-state index in [-0.39, 0.29) is 5.82 Å². The number of hydrogen-bond acceptors (Lipinski definition) is 5. The van der Waals surface area contributed by atoms with Gasteiger partial charge < -0.3 is 10.6 Å². The van der Waals surface area contributed by atoms with Crippen LogP contribution in [-0.2, 0) is 0 Å². The third kappa shape index (κ3) is 2.32. The van der Waals surface area contributed by atoms with Crippen LogP contribution in [0.25, 0.3) is 11.3 Å². The van der Waals surface area contributed by atoms with Gasteiger partial charge in [0.05, 0.1) is 10.0 Å². The SMILES string of the molecule is CN(C)c1nnc(-c2cccc(Cl)c2Cl)c(N)n1. The Morgan fingerprint density at radius 1 is 1.17 bits per heavy atom. The zero-order valence-electron chi connectivity index (χ0n) is 9.85. The third-order valence-electron chi connectivity index (χ3n) is 2.31. The van der Waals surface area contributed by atoms with Gasteiger partial charge in [0.15, 0.2) is 5.82 Å². The summed E-state index contributed by atoms with van der Waals surface area (Å²) in [6, 6.07) is 5.23. The van der Waals surface area contributed by atoms with Gasteiger partial charge in [-0.1, -0.05) is 35.3 Å². The summed E-state index contributed by atoms with van der Waals surface area (Å²) in [4.78, 5) is 5.86. The smallest absolute Gasteiger partial charge is 0.246 e. The van der Waals surface area contributed by atoms with Crippen molar-refractivity contribution in [1.29, 1.82) is 0 Å². The molecule has 0 spiro atoms. The molecule has 18 heavy (non-hydrogen) atoms. The van der Waals surface area contributed by atoms with E-state index in [2.05, 4.69) is 15.2 Å². The summed E-state index contributed by atoms with van der Waals surface area (Å²) in [5.41, 5.74) is 6.91. The largest absolute Gasteiger partial charge is 0.382 e. The van der Waals surface area contributed by atoms with Crippen LogP contribution in [0.2, 0.25) is 10.0 Å². The second-order valence-corrected chi connectivity index (χ2v) is 4.63. The summed E-state index contributed by atoms with van der Waals surface area (Å²) in [6.07, 6.45) is 0. The fourth-order valence-electron chi connectivity index (χ4n) is 1.40. The molecule has 0 amide bonds. The number of aromatic nitrogens is 3. The predicted octanol–water partition coefficient (Wildman–Crippen LogP) is 2.49. The first-order chi connectivity index (χ1) is 8.50. The Morgan fingerprint density at radius 3 is 2.50 bits per heavy atom. The lowest BCUT2D eigenvalue weighted by molar-refractivity contribution is 0.917. The molecular weight excluding hydrogens is 273 g/mol. The molecular formula is C11H11Cl2N5. The molecule has 1 aromatic heterocycles. The molecule has 0 atom stereocenters. The lowest BCUT2D eigenvalue weighted by atomic mass is 10.1. The zero-order valence-corrected chi connectivity index (χ0v) is 11.4. The number of halogens is 2. The number of benzene rings is 1. The van der Waals surface area contributed by atoms with Crippen molar-refractivity contribution in [3.63, 3.8) is 0 Å². The second-order valence-electron chi connectivity index (χ2n) is 3.84. The van der Waals surface area contributed by atoms with Crippen LogP contribution in [0.15, 0.2) is 18.2 Å². The molecule has 1 heterocycles. The summed E-state index contributed by atoms with van der Waals surface area (Å²) in [5.74, 6) is 0.701. The maximum absolute atomic E-state index is 6.11. The number of nitrogens with zero attached hydrogens (tertiary/aromatic N) is 4. The number of nitrogen functional groups attached to an aromatic ring is 1. The molecule has 0 aliphatic heterocycles. The van der Waals surface area contributed by atoms with Gasteiger partial charge in [-0.15, -0.1) is 10.2 Å². The average molecular weight is 284 g/mol. The van der Waals surface area contributed by atoms with E-state index in [1.54, 1.807) is 23.1 Å². The van der Waals surface area contributed by atoms with Crippen molar-refractivity contribution >= 4 is 35.0 Å². The fraction of sp³-hybridized carbons (Fsp3) is 0.182. The minimum Gasteiger partial charge on any atom is -0.382 e. The number of nitrogens with two attached hydrogens (primary N) is 1. The highest BCUT2D eigenvalue weighted by molar-refractivity contribution is 6.43. The van der Waals surface area contributed by atoms with Gasteiger partial charge in [0.25, 0.3) is 0 Å². The molecule has 94 valence electrons. The second kappa shape index (κ2) is 4.96. The van der Waals surface area contributed by atoms with Crippen LogP contribution < -0.4 is 10.6 Å². The molecule has 0 saturated heterocycles. The number of anilines is 2. The van der Waals surface area contributed by atoms with Crippen LogP contribution in [0, 0.1) is 0 Å². The zero-order chi connectivity index (χ0) is 13.3. The summed E-state index contributed by atoms with van der Waals surface area (Å²) < 4.78 is 0. The van der Waals surface area contributed by atoms with E-state index < -0.39 is 0 Å². The maximum Gasteiger partial charge on any atom is 0.246 e. The first-order valence-corrected chi connectivity index (χ1v) is 5.88. The number of hydrogen-bond donors (Lipinski definition) is 1. The monoisotopic (exact) mass is 283 g/mol. The third-order valence-corrected chi connectivity index (χ3v) is 3.13. The molecule has 0 unspecified atom stereocenters. The van der Waals surface area contributed by atoms with Gasteiger partial charge in [-0.05, 0) is 6.07 Å². The van der Waals surface area contributed by atoms with Crippen LogP contribution in [0.3, 0.4) is 0 Å². The molecule has 2 aromatic rings. The maximum atomic E-state index is 6.11. The van der Waals surface area contributed by atoms with Gasteiger partial charge in [-0.25, -0.2) is 0 Å². The standard InChI is InChI=1S/C11H11Cl2N5/c1-18(2)11-15-10(14)9(16-17-11)6-4-3-5-7(12)8(6)13/h3-5H,1-2H3,(H2,14,15,17). The molecule has 0 fully saturated rings. The Bertz CT molecular complexity index is 586. The van der Waals surface area contributed by atoms with Gasteiger partial charge in [-0.3, -0.25) is 0 Å². The molecule has 0 saturated carbocycles. The molecule has 2 rings (SSSR count). The normalized spacial score (nSPS) is 10.4. The van der Waals surface area contributed by atoms with E-state index in [9.17, 15) is 0 Å². The minimum absolute atomic E-state index is 0.262. The molecule has 7 heteroatoms. The van der Waals surface area contributed by atoms with E-state index in [0.29, 0.717) is 27.3 Å². The molecule has 0 aliphatic carbocycles. The first kappa shape index (κ1) is 12.9. The van der Waals surface area contributed by atoms with Crippen molar-refractivity contribution in [1.82, 2.24) is 15.2 Å². The Balaban J connectivity index is 2.55. The lowest BCUT2D eigenvalue weighted by Crippen LogP contribution is -2.15. The first-order valence-electron chi connectivity index (χ1n) is 5.12. The lowest BCUT2D eigenvalue weighted by Gasteiger charge is -2.11. The van der Waals surface area contributed by atoms with Crippen molar-refractivity contribution in [3.8, 4) is 11.3 Å². The van der Waals surface area contributed by atoms with E-state index in [1.807, 2.05) is 14.1 Å². The van der Waals surface area contributed by atoms with Crippen LogP contribution in [0.5, 0.6) is 0 Å². The van der Waals surface area contributed by atoms with E-state index >= 15 is 0 Å². The molecule has 1 aromatic carbocycles. The summed E-state index contributed by atoms with van der Waals surface area (Å²) in [7, 11) is 3.62. The molecule has 5 nitrogen and oxygen atoms in total. The Morgan fingerprint density at radius 2 is 1.89 bits per heavy atom. The minimum atomic E-state index is 0.262. The van der Waals surface area contributed by atoms with Crippen molar-refractivity contribution in [2.45, 2.75) is 0 Å². The number of rotatable bonds is 2. The Hall–Kier alpha value is -1.59. The van der Waals surface area contributed by atoms with Crippen LogP contribution in [0.4, 0.5) is 11.8 Å². The highest BCUT2D eigenvalue weighted by atomic mass is 35.5. The van der Waals surface area contributed by atoms with Gasteiger partial charge >= 0.3 is 0 Å². The summed E-state index contributed by atoms with van der Waals surface area (Å²) >= 11 is 12.1. The Kier molecular flexibility index (Phi) is 3.54. The van der Waals surface area contributed by atoms with E-state index in [0.717, 1.165) is 0 Å². The highest BCUT2D eigenvalue weighted by Crippen LogP contribution is 2.34. The van der Waals surface area contributed by atoms with Crippen molar-refractivity contribution in [2.75, 3.05) is 24.7 Å². The Labute approximate surface area is 115 Å². The average Bonchev–Trinajstić information content (AvgIpc) is 2.33. The fourth-order valence-corrected chi connectivity index (χ4v) is 1.79. The van der Waals surface area contributed by atoms with Gasteiger partial charge in [-0.2, -0.15) is 4.98 Å². The summed E-state index contributed by atoms with van der Waals surface area (Å²) in [5, 5.41) is 8.84. The van der Waals surface area contributed by atoms with Gasteiger partial charge in [0.1, 0.15) is 5.69 Å². The molecule has 0 bridgehead atoms. The van der Waals surface area contributed by atoms with E-state index in [1.165, 1.54) is 0 Å². The molecule has 2 N–H and O–H groups in total. The van der Waals surface area contributed by atoms with Crippen molar-refractivity contribution in [3.05, 3.63) is 28.2 Å². The van der Waals surface area contributed by atoms with Crippen LogP contribution in [0.1, 0.15) is 0 Å².